The summed E-state index contributed by atoms with van der Waals surface area (Å²) in [5, 5.41) is 5.79. The molecule has 0 heterocycles. The minimum absolute atomic E-state index is 0.0433. The average Bonchev–Trinajstić information content (AvgIpc) is 2.88. The highest BCUT2D eigenvalue weighted by Gasteiger charge is 2.38. The summed E-state index contributed by atoms with van der Waals surface area (Å²) in [6.07, 6.45) is 9.50. The van der Waals surface area contributed by atoms with E-state index in [1.165, 1.54) is 0 Å². The predicted octanol–water partition coefficient (Wildman–Crippen LogP) is 5.39. The van der Waals surface area contributed by atoms with Gasteiger partial charge in [-0.05, 0) is 76.0 Å². The monoisotopic (exact) mass is 514 g/mol. The molecule has 2 atom stereocenters. The number of carbonyl (C=O) groups excluding carboxylic acids is 4. The Morgan fingerprint density at radius 1 is 0.757 bits per heavy atom. The number of amides is 2. The molecule has 0 unspecified atom stereocenters. The van der Waals surface area contributed by atoms with Gasteiger partial charge in [-0.3, -0.25) is 19.2 Å². The molecule has 0 radical (unpaired) electrons. The molecule has 2 aliphatic carbocycles. The lowest BCUT2D eigenvalue weighted by atomic mass is 9.79. The number of ether oxygens (including phenoxy) is 2. The molecule has 2 amide bonds. The van der Waals surface area contributed by atoms with Crippen LogP contribution in [0.25, 0.3) is 0 Å². The van der Waals surface area contributed by atoms with Crippen molar-refractivity contribution in [3.8, 4) is 0 Å². The van der Waals surface area contributed by atoms with Gasteiger partial charge in [-0.25, -0.2) is 0 Å². The number of nitrogens with one attached hydrogen (secondary N) is 2. The van der Waals surface area contributed by atoms with E-state index in [1.54, 1.807) is 32.0 Å². The molecule has 0 bridgehead atoms. The Balaban J connectivity index is 1.76. The fourth-order valence-electron chi connectivity index (χ4n) is 5.69. The first-order valence-electron chi connectivity index (χ1n) is 13.9. The maximum Gasteiger partial charge on any atom is 0.318 e. The van der Waals surface area contributed by atoms with Gasteiger partial charge >= 0.3 is 11.9 Å². The van der Waals surface area contributed by atoms with E-state index in [4.69, 9.17) is 9.47 Å². The largest absolute Gasteiger partial charge is 0.465 e. The summed E-state index contributed by atoms with van der Waals surface area (Å²) in [7, 11) is 0. The van der Waals surface area contributed by atoms with E-state index in [0.29, 0.717) is 11.4 Å². The molecule has 0 spiro atoms. The summed E-state index contributed by atoms with van der Waals surface area (Å²) in [4.78, 5) is 52.0. The van der Waals surface area contributed by atoms with Crippen molar-refractivity contribution in [3.05, 3.63) is 23.8 Å². The molecule has 2 saturated carbocycles. The Morgan fingerprint density at radius 2 is 1.22 bits per heavy atom. The molecule has 37 heavy (non-hydrogen) atoms. The Labute approximate surface area is 220 Å². The van der Waals surface area contributed by atoms with Gasteiger partial charge < -0.3 is 20.1 Å². The van der Waals surface area contributed by atoms with E-state index in [0.717, 1.165) is 69.8 Å². The minimum Gasteiger partial charge on any atom is -0.465 e. The number of hydrogen-bond donors (Lipinski definition) is 2. The van der Waals surface area contributed by atoms with Crippen LogP contribution in [0, 0.1) is 30.6 Å². The zero-order valence-corrected chi connectivity index (χ0v) is 22.5. The second-order valence-electron chi connectivity index (χ2n) is 10.3. The molecular weight excluding hydrogens is 472 g/mol. The zero-order valence-electron chi connectivity index (χ0n) is 22.5. The van der Waals surface area contributed by atoms with Gasteiger partial charge in [0.25, 0.3) is 0 Å². The van der Waals surface area contributed by atoms with Crippen molar-refractivity contribution < 1.29 is 28.7 Å². The van der Waals surface area contributed by atoms with Crippen LogP contribution in [0.1, 0.15) is 83.6 Å². The third kappa shape index (κ3) is 7.79. The van der Waals surface area contributed by atoms with Gasteiger partial charge in [0.05, 0.1) is 13.2 Å². The SMILES string of the molecule is CCOC(=O)[C@@H](C(=O)Nc1ccc(C)c(NC(=O)[C@@H](C(=O)OCC)C2CCCCC2)c1)C1CCCCC1. The second kappa shape index (κ2) is 14.1. The smallest absolute Gasteiger partial charge is 0.318 e. The first kappa shape index (κ1) is 28.7. The highest BCUT2D eigenvalue weighted by molar-refractivity contribution is 6.07. The average molecular weight is 515 g/mol. The maximum absolute atomic E-state index is 13.3. The van der Waals surface area contributed by atoms with Gasteiger partial charge in [0.15, 0.2) is 0 Å². The van der Waals surface area contributed by atoms with E-state index < -0.39 is 29.7 Å². The lowest BCUT2D eigenvalue weighted by Gasteiger charge is -2.28. The van der Waals surface area contributed by atoms with E-state index >= 15 is 0 Å². The van der Waals surface area contributed by atoms with Gasteiger partial charge in [-0.2, -0.15) is 0 Å². The molecular formula is C29H42N2O6. The lowest BCUT2D eigenvalue weighted by molar-refractivity contribution is -0.155. The Bertz CT molecular complexity index is 950. The number of carbonyl (C=O) groups is 4. The molecule has 1 aromatic rings. The summed E-state index contributed by atoms with van der Waals surface area (Å²) in [6.45, 7) is 5.77. The summed E-state index contributed by atoms with van der Waals surface area (Å²) in [5.41, 5.74) is 1.78. The number of anilines is 2. The molecule has 8 heteroatoms. The lowest BCUT2D eigenvalue weighted by Crippen LogP contribution is -2.38. The normalized spacial score (nSPS) is 18.4. The van der Waals surface area contributed by atoms with Crippen molar-refractivity contribution in [3.63, 3.8) is 0 Å². The van der Waals surface area contributed by atoms with E-state index in [2.05, 4.69) is 10.6 Å². The predicted molar refractivity (Wildman–Crippen MR) is 142 cm³/mol. The van der Waals surface area contributed by atoms with Crippen LogP contribution in [-0.2, 0) is 28.7 Å². The standard InChI is InChI=1S/C29H42N2O6/c1-4-36-28(34)24(20-12-8-6-9-13-20)26(32)30-22-17-16-19(3)23(18-22)31-27(33)25(29(35)37-5-2)21-14-10-7-11-15-21/h16-18,20-21,24-25H,4-15H2,1-3H3,(H,30,32)(H,31,33)/t24-,25+/m1/s1. The molecule has 0 saturated heterocycles. The maximum atomic E-state index is 13.3. The van der Waals surface area contributed by atoms with Crippen LogP contribution in [0.5, 0.6) is 0 Å². The van der Waals surface area contributed by atoms with Crippen molar-refractivity contribution in [1.82, 2.24) is 0 Å². The summed E-state index contributed by atoms with van der Waals surface area (Å²) >= 11 is 0. The molecule has 0 aromatic heterocycles. The highest BCUT2D eigenvalue weighted by atomic mass is 16.5. The van der Waals surface area contributed by atoms with Crippen molar-refractivity contribution in [2.75, 3.05) is 23.8 Å². The van der Waals surface area contributed by atoms with Gasteiger partial charge in [0, 0.05) is 11.4 Å². The first-order valence-corrected chi connectivity index (χ1v) is 13.9. The third-order valence-electron chi connectivity index (χ3n) is 7.65. The summed E-state index contributed by atoms with van der Waals surface area (Å²) in [5.74, 6) is -3.57. The summed E-state index contributed by atoms with van der Waals surface area (Å²) < 4.78 is 10.5. The minimum atomic E-state index is -0.864. The van der Waals surface area contributed by atoms with Gasteiger partial charge in [0.1, 0.15) is 11.8 Å². The Hall–Kier alpha value is -2.90. The number of benzene rings is 1. The number of aryl methyl sites for hydroxylation is 1. The number of hydrogen-bond acceptors (Lipinski definition) is 6. The van der Waals surface area contributed by atoms with Crippen LogP contribution in [0.2, 0.25) is 0 Å². The topological polar surface area (TPSA) is 111 Å². The molecule has 2 fully saturated rings. The van der Waals surface area contributed by atoms with Crippen LogP contribution >= 0.6 is 0 Å². The second-order valence-corrected chi connectivity index (χ2v) is 10.3. The van der Waals surface area contributed by atoms with Crippen LogP contribution < -0.4 is 10.6 Å². The highest BCUT2D eigenvalue weighted by Crippen LogP contribution is 2.34. The van der Waals surface area contributed by atoms with Crippen molar-refractivity contribution >= 4 is 35.1 Å². The third-order valence-corrected chi connectivity index (χ3v) is 7.65. The fraction of sp³-hybridized carbons (Fsp3) is 0.655. The quantitative estimate of drug-likeness (QED) is 0.320. The molecule has 3 rings (SSSR count). The Kier molecular flexibility index (Phi) is 11.0. The zero-order chi connectivity index (χ0) is 26.8. The summed E-state index contributed by atoms with van der Waals surface area (Å²) in [6, 6.07) is 5.22. The molecule has 2 aliphatic rings. The molecule has 204 valence electrons. The van der Waals surface area contributed by atoms with Crippen molar-refractivity contribution in [2.45, 2.75) is 85.0 Å². The first-order chi connectivity index (χ1) is 17.8. The van der Waals surface area contributed by atoms with Crippen molar-refractivity contribution in [2.24, 2.45) is 23.7 Å². The number of esters is 2. The van der Waals surface area contributed by atoms with Gasteiger partial charge in [-0.15, -0.1) is 0 Å². The molecule has 8 nitrogen and oxygen atoms in total. The van der Waals surface area contributed by atoms with E-state index in [9.17, 15) is 19.2 Å². The molecule has 0 aliphatic heterocycles. The number of rotatable bonds is 10. The van der Waals surface area contributed by atoms with E-state index in [1.807, 2.05) is 6.92 Å². The van der Waals surface area contributed by atoms with Crippen molar-refractivity contribution in [1.29, 1.82) is 0 Å². The van der Waals surface area contributed by atoms with Crippen LogP contribution in [0.15, 0.2) is 18.2 Å². The van der Waals surface area contributed by atoms with Gasteiger partial charge in [0.2, 0.25) is 11.8 Å². The van der Waals surface area contributed by atoms with Crippen LogP contribution in [0.3, 0.4) is 0 Å². The van der Waals surface area contributed by atoms with Crippen LogP contribution in [0.4, 0.5) is 11.4 Å². The fourth-order valence-corrected chi connectivity index (χ4v) is 5.69. The Morgan fingerprint density at radius 3 is 1.68 bits per heavy atom. The van der Waals surface area contributed by atoms with E-state index in [-0.39, 0.29) is 31.0 Å². The van der Waals surface area contributed by atoms with Gasteiger partial charge in [-0.1, -0.05) is 44.6 Å². The molecule has 1 aromatic carbocycles. The van der Waals surface area contributed by atoms with Crippen LogP contribution in [-0.4, -0.2) is 37.0 Å². The molecule has 2 N–H and O–H groups in total.